The third-order valence-corrected chi connectivity index (χ3v) is 8.32. The van der Waals surface area contributed by atoms with Crippen LogP contribution in [0.5, 0.6) is 5.75 Å². The van der Waals surface area contributed by atoms with Gasteiger partial charge in [0, 0.05) is 12.6 Å². The number of carbonyl (C=O) groups excluding carboxylic acids is 2. The van der Waals surface area contributed by atoms with Gasteiger partial charge in [-0.3, -0.25) is 9.59 Å². The van der Waals surface area contributed by atoms with Gasteiger partial charge in [0.15, 0.2) is 0 Å². The molecule has 6 nitrogen and oxygen atoms in total. The summed E-state index contributed by atoms with van der Waals surface area (Å²) >= 11 is 1.63. The summed E-state index contributed by atoms with van der Waals surface area (Å²) in [4.78, 5) is 29.5. The van der Waals surface area contributed by atoms with E-state index in [1.165, 1.54) is 12.8 Å². The zero-order valence-electron chi connectivity index (χ0n) is 20.7. The molecule has 1 saturated carbocycles. The van der Waals surface area contributed by atoms with Gasteiger partial charge in [-0.25, -0.2) is 0 Å². The Labute approximate surface area is 211 Å². The van der Waals surface area contributed by atoms with Crippen LogP contribution in [-0.4, -0.2) is 39.5 Å². The van der Waals surface area contributed by atoms with Gasteiger partial charge >= 0.3 is 0 Å². The van der Waals surface area contributed by atoms with Crippen molar-refractivity contribution in [3.8, 4) is 5.75 Å². The third-order valence-electron chi connectivity index (χ3n) is 7.47. The van der Waals surface area contributed by atoms with Crippen LogP contribution in [-0.2, 0) is 17.9 Å². The molecule has 2 aliphatic rings. The summed E-state index contributed by atoms with van der Waals surface area (Å²) in [5.74, 6) is 0.677. The van der Waals surface area contributed by atoms with E-state index in [2.05, 4.69) is 12.2 Å². The predicted octanol–water partition coefficient (Wildman–Crippen LogP) is 5.75. The van der Waals surface area contributed by atoms with E-state index in [0.29, 0.717) is 25.4 Å². The van der Waals surface area contributed by atoms with Crippen molar-refractivity contribution < 1.29 is 14.3 Å². The molecule has 1 atom stereocenters. The van der Waals surface area contributed by atoms with Crippen LogP contribution in [0.15, 0.2) is 41.8 Å². The molecule has 3 heterocycles. The van der Waals surface area contributed by atoms with Crippen LogP contribution in [0.4, 0.5) is 0 Å². The van der Waals surface area contributed by atoms with Gasteiger partial charge < -0.3 is 19.5 Å². The van der Waals surface area contributed by atoms with E-state index in [1.54, 1.807) is 16.2 Å². The minimum atomic E-state index is -0.984. The summed E-state index contributed by atoms with van der Waals surface area (Å²) in [7, 11) is 0. The van der Waals surface area contributed by atoms with Crippen molar-refractivity contribution in [2.45, 2.75) is 83.5 Å². The smallest absolute Gasteiger partial charge is 0.271 e. The third kappa shape index (κ3) is 4.70. The molecule has 3 aromatic rings. The van der Waals surface area contributed by atoms with Crippen LogP contribution >= 0.6 is 11.3 Å². The van der Waals surface area contributed by atoms with Crippen molar-refractivity contribution in [2.75, 3.05) is 6.61 Å². The largest absolute Gasteiger partial charge is 0.494 e. The van der Waals surface area contributed by atoms with Crippen LogP contribution < -0.4 is 10.1 Å². The maximum absolute atomic E-state index is 13.9. The highest BCUT2D eigenvalue weighted by molar-refractivity contribution is 7.17. The molecule has 35 heavy (non-hydrogen) atoms. The summed E-state index contributed by atoms with van der Waals surface area (Å²) in [6, 6.07) is 12.1. The molecule has 5 rings (SSSR count). The monoisotopic (exact) mass is 493 g/mol. The highest BCUT2D eigenvalue weighted by atomic mass is 32.1. The average Bonchev–Trinajstić information content (AvgIpc) is 3.35. The molecule has 2 aromatic heterocycles. The number of nitrogens with one attached hydrogen (secondary N) is 1. The molecule has 0 bridgehead atoms. The summed E-state index contributed by atoms with van der Waals surface area (Å²) < 4.78 is 8.84. The van der Waals surface area contributed by atoms with Crippen molar-refractivity contribution in [3.63, 3.8) is 0 Å². The molecule has 2 amide bonds. The molecular formula is C28H35N3O3S. The van der Waals surface area contributed by atoms with E-state index in [1.807, 2.05) is 53.3 Å². The van der Waals surface area contributed by atoms with Gasteiger partial charge in [-0.15, -0.1) is 11.3 Å². The number of benzene rings is 1. The van der Waals surface area contributed by atoms with Crippen molar-refractivity contribution in [3.05, 3.63) is 53.0 Å². The molecule has 1 aromatic carbocycles. The number of aromatic nitrogens is 1. The van der Waals surface area contributed by atoms with E-state index in [0.717, 1.165) is 53.6 Å². The maximum Gasteiger partial charge on any atom is 0.271 e. The number of thiophene rings is 1. The van der Waals surface area contributed by atoms with Gasteiger partial charge in [-0.1, -0.05) is 44.7 Å². The van der Waals surface area contributed by atoms with Crippen LogP contribution in [0.1, 0.15) is 74.8 Å². The van der Waals surface area contributed by atoms with Crippen molar-refractivity contribution >= 4 is 33.4 Å². The second kappa shape index (κ2) is 10.1. The fraction of sp³-hybridized carbons (Fsp3) is 0.500. The van der Waals surface area contributed by atoms with Crippen LogP contribution in [0.25, 0.3) is 10.2 Å². The number of hydrogen-bond acceptors (Lipinski definition) is 4. The van der Waals surface area contributed by atoms with E-state index in [-0.39, 0.29) is 17.9 Å². The summed E-state index contributed by atoms with van der Waals surface area (Å²) in [5.41, 5.74) is 1.69. The Balaban J connectivity index is 1.45. The fourth-order valence-corrected chi connectivity index (χ4v) is 6.20. The van der Waals surface area contributed by atoms with Crippen molar-refractivity contribution in [1.29, 1.82) is 0 Å². The van der Waals surface area contributed by atoms with Gasteiger partial charge in [-0.05, 0) is 61.4 Å². The molecule has 1 N–H and O–H groups in total. The Hall–Kier alpha value is -2.80. The standard InChI is InChI=1S/C28H35N3O3S/c1-3-15-34-22-12-10-20(11-13-22)18-31-26(32)24-17-25-23(14-16-35-25)30(24)19-28(31,2)27(33)29-21-8-6-4-5-7-9-21/h10-14,16-17,21H,3-9,15,18-19H2,1-2H3,(H,29,33)/t28-/m1/s1. The lowest BCUT2D eigenvalue weighted by molar-refractivity contribution is -0.134. The molecular weight excluding hydrogens is 458 g/mol. The first-order chi connectivity index (χ1) is 17.0. The second-order valence-corrected chi connectivity index (χ2v) is 11.1. The molecule has 1 aliphatic carbocycles. The van der Waals surface area contributed by atoms with Gasteiger partial charge in [0.1, 0.15) is 17.0 Å². The summed E-state index contributed by atoms with van der Waals surface area (Å²) in [6.07, 6.45) is 7.74. The molecule has 7 heteroatoms. The minimum absolute atomic E-state index is 0.0524. The predicted molar refractivity (Wildman–Crippen MR) is 140 cm³/mol. The molecule has 0 spiro atoms. The van der Waals surface area contributed by atoms with E-state index in [4.69, 9.17) is 4.74 Å². The Morgan fingerprint density at radius 1 is 1.14 bits per heavy atom. The second-order valence-electron chi connectivity index (χ2n) is 10.1. The molecule has 0 unspecified atom stereocenters. The Kier molecular flexibility index (Phi) is 6.87. The molecule has 0 saturated heterocycles. The quantitative estimate of drug-likeness (QED) is 0.427. The van der Waals surface area contributed by atoms with Crippen molar-refractivity contribution in [2.24, 2.45) is 0 Å². The number of amides is 2. The van der Waals surface area contributed by atoms with Gasteiger partial charge in [0.25, 0.3) is 5.91 Å². The Bertz CT molecular complexity index is 1190. The first-order valence-electron chi connectivity index (χ1n) is 12.9. The average molecular weight is 494 g/mol. The fourth-order valence-electron chi connectivity index (χ4n) is 5.38. The lowest BCUT2D eigenvalue weighted by Crippen LogP contribution is -2.64. The highest BCUT2D eigenvalue weighted by Crippen LogP contribution is 2.35. The summed E-state index contributed by atoms with van der Waals surface area (Å²) in [6.45, 7) is 5.51. The first kappa shape index (κ1) is 23.9. The Morgan fingerprint density at radius 3 is 2.60 bits per heavy atom. The minimum Gasteiger partial charge on any atom is -0.494 e. The Morgan fingerprint density at radius 2 is 1.89 bits per heavy atom. The molecule has 0 radical (unpaired) electrons. The number of ether oxygens (including phenoxy) is 1. The zero-order chi connectivity index (χ0) is 24.4. The van der Waals surface area contributed by atoms with E-state index >= 15 is 0 Å². The maximum atomic E-state index is 13.9. The van der Waals surface area contributed by atoms with Crippen LogP contribution in [0.3, 0.4) is 0 Å². The molecule has 186 valence electrons. The van der Waals surface area contributed by atoms with Gasteiger partial charge in [0.05, 0.1) is 23.4 Å². The number of fused-ring (bicyclic) bond motifs is 3. The number of carbonyl (C=O) groups is 2. The van der Waals surface area contributed by atoms with E-state index in [9.17, 15) is 9.59 Å². The van der Waals surface area contributed by atoms with Gasteiger partial charge in [-0.2, -0.15) is 0 Å². The number of rotatable bonds is 7. The highest BCUT2D eigenvalue weighted by Gasteiger charge is 2.48. The summed E-state index contributed by atoms with van der Waals surface area (Å²) in [5, 5.41) is 5.38. The zero-order valence-corrected chi connectivity index (χ0v) is 21.5. The lowest BCUT2D eigenvalue weighted by atomic mass is 9.93. The van der Waals surface area contributed by atoms with Crippen LogP contribution in [0.2, 0.25) is 0 Å². The number of nitrogens with zero attached hydrogens (tertiary/aromatic N) is 2. The topological polar surface area (TPSA) is 63.6 Å². The van der Waals surface area contributed by atoms with Crippen LogP contribution in [0, 0.1) is 0 Å². The first-order valence-corrected chi connectivity index (χ1v) is 13.8. The molecule has 1 aliphatic heterocycles. The SMILES string of the molecule is CCCOc1ccc(CN2C(=O)c3cc4sccc4n3C[C@]2(C)C(=O)NC2CCCCCC2)cc1. The normalized spacial score (nSPS) is 21.1. The van der Waals surface area contributed by atoms with Gasteiger partial charge in [0.2, 0.25) is 5.91 Å². The van der Waals surface area contributed by atoms with E-state index < -0.39 is 5.54 Å². The molecule has 1 fully saturated rings. The lowest BCUT2D eigenvalue weighted by Gasteiger charge is -2.44. The van der Waals surface area contributed by atoms with Crippen molar-refractivity contribution in [1.82, 2.24) is 14.8 Å². The number of hydrogen-bond donors (Lipinski definition) is 1.